The zero-order valence-electron chi connectivity index (χ0n) is 14.6. The third kappa shape index (κ3) is 15.3. The van der Waals surface area contributed by atoms with Crippen molar-refractivity contribution in [3.05, 3.63) is 0 Å². The van der Waals surface area contributed by atoms with E-state index in [1.54, 1.807) is 0 Å². The minimum atomic E-state index is -0.182. The number of ether oxygens (including phenoxy) is 2. The number of esters is 2. The molecule has 0 heterocycles. The van der Waals surface area contributed by atoms with Crippen LogP contribution in [-0.2, 0) is 19.1 Å². The summed E-state index contributed by atoms with van der Waals surface area (Å²) >= 11 is 0. The van der Waals surface area contributed by atoms with Gasteiger partial charge in [-0.3, -0.25) is 9.59 Å². The minimum absolute atomic E-state index is 0.182. The molecule has 0 atom stereocenters. The minimum Gasteiger partial charge on any atom is -0.466 e. The van der Waals surface area contributed by atoms with Crippen molar-refractivity contribution < 1.29 is 19.1 Å². The largest absolute Gasteiger partial charge is 0.466 e. The molecule has 0 aliphatic heterocycles. The molecule has 0 saturated carbocycles. The Labute approximate surface area is 134 Å². The Hall–Kier alpha value is -1.14. The van der Waals surface area contributed by atoms with E-state index >= 15 is 0 Å². The summed E-state index contributed by atoms with van der Waals surface area (Å²) in [4.78, 5) is 27.0. The predicted molar refractivity (Wildman–Crippen MR) is 86.7 cm³/mol. The van der Waals surface area contributed by atoms with Crippen LogP contribution < -0.4 is 0 Å². The summed E-state index contributed by atoms with van der Waals surface area (Å²) in [7, 11) is 7.95. The number of unbranched alkanes of at least 4 members (excludes halogenated alkanes) is 1. The average molecular weight is 316 g/mol. The van der Waals surface area contributed by atoms with Crippen molar-refractivity contribution in [3.63, 3.8) is 0 Å². The summed E-state index contributed by atoms with van der Waals surface area (Å²) in [5.74, 6) is -0.365. The van der Waals surface area contributed by atoms with Crippen LogP contribution >= 0.6 is 0 Å². The van der Waals surface area contributed by atoms with Gasteiger partial charge in [-0.05, 0) is 53.9 Å². The van der Waals surface area contributed by atoms with Crippen LogP contribution in [0.1, 0.15) is 38.5 Å². The van der Waals surface area contributed by atoms with Gasteiger partial charge in [0.2, 0.25) is 0 Å². The second-order valence-electron chi connectivity index (χ2n) is 5.96. The number of rotatable bonds is 13. The van der Waals surface area contributed by atoms with Crippen molar-refractivity contribution in [2.24, 2.45) is 0 Å². The van der Waals surface area contributed by atoms with Gasteiger partial charge in [0, 0.05) is 25.9 Å². The van der Waals surface area contributed by atoms with Gasteiger partial charge in [-0.1, -0.05) is 0 Å². The van der Waals surface area contributed by atoms with Crippen LogP contribution in [-0.4, -0.2) is 76.2 Å². The Morgan fingerprint density at radius 1 is 0.682 bits per heavy atom. The van der Waals surface area contributed by atoms with Crippen molar-refractivity contribution in [2.75, 3.05) is 54.5 Å². The molecule has 0 spiro atoms. The zero-order chi connectivity index (χ0) is 16.8. The number of hydrogen-bond donors (Lipinski definition) is 0. The molecule has 22 heavy (non-hydrogen) atoms. The molecule has 130 valence electrons. The molecule has 0 fully saturated rings. The number of hydrogen-bond acceptors (Lipinski definition) is 6. The van der Waals surface area contributed by atoms with E-state index < -0.39 is 0 Å². The van der Waals surface area contributed by atoms with Gasteiger partial charge in [0.25, 0.3) is 0 Å². The molecule has 0 radical (unpaired) electrons. The van der Waals surface area contributed by atoms with Crippen molar-refractivity contribution in [2.45, 2.75) is 38.5 Å². The van der Waals surface area contributed by atoms with Crippen molar-refractivity contribution in [1.29, 1.82) is 0 Å². The van der Waals surface area contributed by atoms with Crippen LogP contribution in [0.4, 0.5) is 0 Å². The summed E-state index contributed by atoms with van der Waals surface area (Å²) < 4.78 is 10.2. The van der Waals surface area contributed by atoms with Gasteiger partial charge >= 0.3 is 11.9 Å². The molecular formula is C16H32N2O4. The van der Waals surface area contributed by atoms with E-state index in [9.17, 15) is 9.59 Å². The van der Waals surface area contributed by atoms with E-state index in [0.29, 0.717) is 38.9 Å². The molecule has 0 aromatic heterocycles. The van der Waals surface area contributed by atoms with Crippen LogP contribution in [0.2, 0.25) is 0 Å². The Morgan fingerprint density at radius 2 is 1.05 bits per heavy atom. The van der Waals surface area contributed by atoms with Gasteiger partial charge in [0.15, 0.2) is 0 Å². The maximum absolute atomic E-state index is 11.5. The average Bonchev–Trinajstić information content (AvgIpc) is 2.44. The van der Waals surface area contributed by atoms with Crippen molar-refractivity contribution in [1.82, 2.24) is 9.80 Å². The summed E-state index contributed by atoms with van der Waals surface area (Å²) in [6.45, 7) is 2.75. The van der Waals surface area contributed by atoms with Crippen molar-refractivity contribution in [3.8, 4) is 0 Å². The second-order valence-corrected chi connectivity index (χ2v) is 5.96. The first-order valence-corrected chi connectivity index (χ1v) is 8.02. The Balaban J connectivity index is 3.39. The maximum atomic E-state index is 11.5. The second kappa shape index (κ2) is 13.5. The highest BCUT2D eigenvalue weighted by molar-refractivity contribution is 5.70. The van der Waals surface area contributed by atoms with Crippen molar-refractivity contribution >= 4 is 11.9 Å². The molecule has 0 bridgehead atoms. The van der Waals surface area contributed by atoms with Gasteiger partial charge in [0.1, 0.15) is 0 Å². The fraction of sp³-hybridized carbons (Fsp3) is 0.875. The maximum Gasteiger partial charge on any atom is 0.305 e. The van der Waals surface area contributed by atoms with E-state index in [0.717, 1.165) is 25.9 Å². The monoisotopic (exact) mass is 316 g/mol. The number of carbonyl (C=O) groups excluding carboxylic acids is 2. The standard InChI is InChI=1S/C16H32N2O4/c1-17(2)11-7-13-21-15(19)9-5-6-10-16(20)22-14-8-12-18(3)4/h5-14H2,1-4H3. The molecular weight excluding hydrogens is 284 g/mol. The Morgan fingerprint density at radius 3 is 1.36 bits per heavy atom. The smallest absolute Gasteiger partial charge is 0.305 e. The molecule has 6 heteroatoms. The fourth-order valence-corrected chi connectivity index (χ4v) is 1.82. The molecule has 0 aromatic rings. The molecule has 0 rings (SSSR count). The molecule has 6 nitrogen and oxygen atoms in total. The highest BCUT2D eigenvalue weighted by Crippen LogP contribution is 2.03. The Bertz CT molecular complexity index is 277. The van der Waals surface area contributed by atoms with Gasteiger partial charge in [0.05, 0.1) is 13.2 Å². The molecule has 0 unspecified atom stereocenters. The lowest BCUT2D eigenvalue weighted by Gasteiger charge is -2.10. The topological polar surface area (TPSA) is 59.1 Å². The first-order valence-electron chi connectivity index (χ1n) is 8.02. The van der Waals surface area contributed by atoms with E-state index in [-0.39, 0.29) is 11.9 Å². The van der Waals surface area contributed by atoms with Crippen LogP contribution in [0, 0.1) is 0 Å². The molecule has 0 N–H and O–H groups in total. The van der Waals surface area contributed by atoms with Crippen LogP contribution in [0.15, 0.2) is 0 Å². The van der Waals surface area contributed by atoms with Gasteiger partial charge in [-0.2, -0.15) is 0 Å². The lowest BCUT2D eigenvalue weighted by molar-refractivity contribution is -0.146. The summed E-state index contributed by atoms with van der Waals surface area (Å²) in [6.07, 6.45) is 3.76. The quantitative estimate of drug-likeness (QED) is 0.379. The highest BCUT2D eigenvalue weighted by Gasteiger charge is 2.06. The number of nitrogens with zero attached hydrogens (tertiary/aromatic N) is 2. The third-order valence-electron chi connectivity index (χ3n) is 3.04. The lowest BCUT2D eigenvalue weighted by atomic mass is 10.2. The SMILES string of the molecule is CN(C)CCCOC(=O)CCCCC(=O)OCCCN(C)C. The van der Waals surface area contributed by atoms with Crippen LogP contribution in [0.5, 0.6) is 0 Å². The van der Waals surface area contributed by atoms with E-state index in [1.165, 1.54) is 0 Å². The van der Waals surface area contributed by atoms with Gasteiger partial charge in [-0.25, -0.2) is 0 Å². The molecule has 0 saturated heterocycles. The molecule has 0 amide bonds. The number of carbonyl (C=O) groups is 2. The third-order valence-corrected chi connectivity index (χ3v) is 3.04. The molecule has 0 aliphatic carbocycles. The lowest BCUT2D eigenvalue weighted by Crippen LogP contribution is -2.16. The molecule has 0 aliphatic rings. The Kier molecular flexibility index (Phi) is 12.8. The predicted octanol–water partition coefficient (Wildman–Crippen LogP) is 1.54. The first kappa shape index (κ1) is 20.9. The summed E-state index contributed by atoms with van der Waals surface area (Å²) in [5.41, 5.74) is 0. The van der Waals surface area contributed by atoms with E-state index in [4.69, 9.17) is 9.47 Å². The van der Waals surface area contributed by atoms with Gasteiger partial charge in [-0.15, -0.1) is 0 Å². The molecule has 0 aromatic carbocycles. The van der Waals surface area contributed by atoms with Gasteiger partial charge < -0.3 is 19.3 Å². The van der Waals surface area contributed by atoms with E-state index in [2.05, 4.69) is 9.80 Å². The normalized spacial score (nSPS) is 11.0. The summed E-state index contributed by atoms with van der Waals surface area (Å²) in [6, 6.07) is 0. The highest BCUT2D eigenvalue weighted by atomic mass is 16.5. The summed E-state index contributed by atoms with van der Waals surface area (Å²) in [5, 5.41) is 0. The first-order chi connectivity index (χ1) is 10.4. The van der Waals surface area contributed by atoms with Crippen LogP contribution in [0.25, 0.3) is 0 Å². The fourth-order valence-electron chi connectivity index (χ4n) is 1.82. The zero-order valence-corrected chi connectivity index (χ0v) is 14.6. The van der Waals surface area contributed by atoms with E-state index in [1.807, 2.05) is 28.2 Å². The van der Waals surface area contributed by atoms with Crippen LogP contribution in [0.3, 0.4) is 0 Å².